The highest BCUT2D eigenvalue weighted by Crippen LogP contribution is 2.41. The first-order valence-corrected chi connectivity index (χ1v) is 13.0. The second kappa shape index (κ2) is 9.06. The molecular weight excluding hydrogens is 462 g/mol. The van der Waals surface area contributed by atoms with Crippen LogP contribution >= 0.6 is 34.3 Å². The van der Waals surface area contributed by atoms with Crippen molar-refractivity contribution >= 4 is 45.3 Å². The van der Waals surface area contributed by atoms with Crippen molar-refractivity contribution in [1.29, 1.82) is 0 Å². The molecule has 1 aliphatic carbocycles. The van der Waals surface area contributed by atoms with E-state index in [1.165, 1.54) is 39.3 Å². The van der Waals surface area contributed by atoms with E-state index >= 15 is 0 Å². The molecule has 32 heavy (non-hydrogen) atoms. The van der Waals surface area contributed by atoms with Gasteiger partial charge in [0.2, 0.25) is 0 Å². The fraction of sp³-hybridized carbons (Fsp3) is 0.375. The predicted octanol–water partition coefficient (Wildman–Crippen LogP) is 5.99. The molecule has 1 aromatic carbocycles. The number of aromatic hydroxyl groups is 1. The van der Waals surface area contributed by atoms with Gasteiger partial charge in [-0.15, -0.1) is 22.7 Å². The van der Waals surface area contributed by atoms with Crippen LogP contribution in [0.3, 0.4) is 0 Å². The Morgan fingerprint density at radius 3 is 2.81 bits per heavy atom. The maximum atomic E-state index is 12.8. The second-order valence-electron chi connectivity index (χ2n) is 8.38. The summed E-state index contributed by atoms with van der Waals surface area (Å²) in [6, 6.07) is 5.17. The van der Waals surface area contributed by atoms with Crippen molar-refractivity contribution in [2.75, 3.05) is 11.9 Å². The zero-order chi connectivity index (χ0) is 22.2. The molecule has 2 aliphatic rings. The number of urea groups is 1. The number of aryl methyl sites for hydroxylation is 1. The number of anilines is 1. The van der Waals surface area contributed by atoms with Crippen LogP contribution in [0, 0.1) is 6.92 Å². The van der Waals surface area contributed by atoms with Gasteiger partial charge >= 0.3 is 6.03 Å². The van der Waals surface area contributed by atoms with E-state index < -0.39 is 0 Å². The number of rotatable bonds is 4. The number of fused-ring (bicyclic) bond motifs is 2. The zero-order valence-electron chi connectivity index (χ0n) is 17.9. The Bertz CT molecular complexity index is 1180. The number of benzene rings is 1. The molecule has 2 aromatic heterocycles. The molecule has 0 saturated carbocycles. The molecule has 3 aromatic rings. The van der Waals surface area contributed by atoms with Crippen LogP contribution in [-0.4, -0.2) is 17.7 Å². The summed E-state index contributed by atoms with van der Waals surface area (Å²) in [5.74, 6) is 0.0717. The minimum absolute atomic E-state index is 0.0717. The van der Waals surface area contributed by atoms with Gasteiger partial charge < -0.3 is 15.7 Å². The van der Waals surface area contributed by atoms with Crippen molar-refractivity contribution in [2.24, 2.45) is 0 Å². The Hall–Kier alpha value is -2.06. The topological polar surface area (TPSA) is 73.4 Å². The Kier molecular flexibility index (Phi) is 6.16. The lowest BCUT2D eigenvalue weighted by Crippen LogP contribution is -2.29. The molecule has 0 unspecified atom stereocenters. The van der Waals surface area contributed by atoms with E-state index in [4.69, 9.17) is 11.6 Å². The fourth-order valence-electron chi connectivity index (χ4n) is 4.63. The van der Waals surface area contributed by atoms with Crippen LogP contribution in [-0.2, 0) is 32.4 Å². The van der Waals surface area contributed by atoms with E-state index in [1.807, 2.05) is 6.07 Å². The molecule has 0 saturated heterocycles. The van der Waals surface area contributed by atoms with E-state index in [9.17, 15) is 9.90 Å². The minimum atomic E-state index is -0.175. The van der Waals surface area contributed by atoms with Gasteiger partial charge in [0.25, 0.3) is 0 Å². The van der Waals surface area contributed by atoms with Gasteiger partial charge in [0, 0.05) is 27.7 Å². The Labute approximate surface area is 200 Å². The van der Waals surface area contributed by atoms with Gasteiger partial charge in [-0.2, -0.15) is 0 Å². The van der Waals surface area contributed by atoms with Crippen LogP contribution in [0.1, 0.15) is 44.8 Å². The maximum Gasteiger partial charge on any atom is 0.320 e. The highest BCUT2D eigenvalue weighted by molar-refractivity contribution is 7.16. The van der Waals surface area contributed by atoms with Crippen molar-refractivity contribution in [3.8, 4) is 16.2 Å². The van der Waals surface area contributed by atoms with Crippen molar-refractivity contribution in [2.45, 2.75) is 52.1 Å². The minimum Gasteiger partial charge on any atom is -0.506 e. The van der Waals surface area contributed by atoms with Crippen LogP contribution in [0.4, 0.5) is 9.80 Å². The monoisotopic (exact) mass is 487 g/mol. The summed E-state index contributed by atoms with van der Waals surface area (Å²) in [5.41, 5.74) is 6.01. The molecule has 4 N–H and O–H groups in total. The average molecular weight is 488 g/mol. The molecule has 0 spiro atoms. The van der Waals surface area contributed by atoms with Crippen LogP contribution < -0.4 is 16.0 Å². The Morgan fingerprint density at radius 1 is 1.16 bits per heavy atom. The normalized spacial score (nSPS) is 15.2. The van der Waals surface area contributed by atoms with Gasteiger partial charge in [-0.05, 0) is 85.5 Å². The van der Waals surface area contributed by atoms with Crippen LogP contribution in [0.2, 0.25) is 5.02 Å². The van der Waals surface area contributed by atoms with Crippen LogP contribution in [0.15, 0.2) is 18.2 Å². The van der Waals surface area contributed by atoms with E-state index in [0.29, 0.717) is 11.6 Å². The van der Waals surface area contributed by atoms with Gasteiger partial charge in [0.15, 0.2) is 0 Å². The summed E-state index contributed by atoms with van der Waals surface area (Å²) in [6.45, 7) is 4.32. The fourth-order valence-corrected chi connectivity index (χ4v) is 7.37. The highest BCUT2D eigenvalue weighted by atomic mass is 35.5. The van der Waals surface area contributed by atoms with E-state index in [2.05, 4.69) is 22.9 Å². The lowest BCUT2D eigenvalue weighted by molar-refractivity contribution is 0.252. The van der Waals surface area contributed by atoms with E-state index in [0.717, 1.165) is 53.4 Å². The smallest absolute Gasteiger partial charge is 0.320 e. The van der Waals surface area contributed by atoms with Crippen molar-refractivity contribution < 1.29 is 9.90 Å². The first kappa shape index (κ1) is 21.8. The van der Waals surface area contributed by atoms with E-state index in [1.54, 1.807) is 34.8 Å². The molecule has 3 heterocycles. The SMILES string of the molecule is Cc1c(NC(=O)NCc2c(-c3ccc(Cl)c(O)c3)sc3c2CCNC3)sc2c1CCCC2. The highest BCUT2D eigenvalue weighted by Gasteiger charge is 2.23. The van der Waals surface area contributed by atoms with Crippen LogP contribution in [0.25, 0.3) is 10.4 Å². The lowest BCUT2D eigenvalue weighted by Gasteiger charge is -2.15. The average Bonchev–Trinajstić information content (AvgIpc) is 3.32. The number of hydrogen-bond donors (Lipinski definition) is 4. The molecule has 1 aliphatic heterocycles. The molecule has 168 valence electrons. The van der Waals surface area contributed by atoms with Gasteiger partial charge in [0.05, 0.1) is 10.0 Å². The number of thiophene rings is 2. The number of phenols is 1. The number of carbonyl (C=O) groups is 1. The largest absolute Gasteiger partial charge is 0.506 e. The number of halogens is 1. The molecule has 0 fully saturated rings. The third-order valence-electron chi connectivity index (χ3n) is 6.33. The number of phenolic OH excluding ortho intramolecular Hbond substituents is 1. The molecule has 5 rings (SSSR count). The third-order valence-corrected chi connectivity index (χ3v) is 9.29. The Balaban J connectivity index is 1.37. The molecule has 5 nitrogen and oxygen atoms in total. The summed E-state index contributed by atoms with van der Waals surface area (Å²) in [7, 11) is 0. The number of hydrogen-bond acceptors (Lipinski definition) is 5. The van der Waals surface area contributed by atoms with Gasteiger partial charge in [-0.1, -0.05) is 17.7 Å². The van der Waals surface area contributed by atoms with Crippen molar-refractivity contribution in [1.82, 2.24) is 10.6 Å². The second-order valence-corrected chi connectivity index (χ2v) is 11.0. The van der Waals surface area contributed by atoms with Gasteiger partial charge in [0.1, 0.15) is 5.75 Å². The Morgan fingerprint density at radius 2 is 2.00 bits per heavy atom. The number of amides is 2. The molecule has 2 amide bonds. The lowest BCUT2D eigenvalue weighted by atomic mass is 9.96. The summed E-state index contributed by atoms with van der Waals surface area (Å²) in [4.78, 5) is 16.6. The van der Waals surface area contributed by atoms with Crippen molar-refractivity contribution in [3.05, 3.63) is 55.2 Å². The first-order chi connectivity index (χ1) is 15.5. The van der Waals surface area contributed by atoms with Gasteiger partial charge in [-0.25, -0.2) is 4.79 Å². The molecule has 0 bridgehead atoms. The standard InChI is InChI=1S/C24H26ClN3O2S2/c1-13-15-4-2-3-5-20(15)32-23(13)28-24(30)27-11-17-16-8-9-26-12-21(16)31-22(17)14-6-7-18(25)19(29)10-14/h6-7,10,26,29H,2-5,8-9,11-12H2,1H3,(H2,27,28,30). The third kappa shape index (κ3) is 4.15. The number of nitrogens with one attached hydrogen (secondary N) is 3. The van der Waals surface area contributed by atoms with E-state index in [-0.39, 0.29) is 11.8 Å². The summed E-state index contributed by atoms with van der Waals surface area (Å²) in [6.07, 6.45) is 5.64. The quantitative estimate of drug-likeness (QED) is 0.365. The summed E-state index contributed by atoms with van der Waals surface area (Å²) in [5, 5.41) is 21.0. The summed E-state index contributed by atoms with van der Waals surface area (Å²) < 4.78 is 0. The predicted molar refractivity (Wildman–Crippen MR) is 133 cm³/mol. The molecule has 0 radical (unpaired) electrons. The van der Waals surface area contributed by atoms with Crippen LogP contribution in [0.5, 0.6) is 5.75 Å². The zero-order valence-corrected chi connectivity index (χ0v) is 20.3. The van der Waals surface area contributed by atoms with Gasteiger partial charge in [-0.3, -0.25) is 5.32 Å². The molecule has 0 atom stereocenters. The first-order valence-electron chi connectivity index (χ1n) is 11.0. The van der Waals surface area contributed by atoms with Crippen molar-refractivity contribution in [3.63, 3.8) is 0 Å². The number of carbonyl (C=O) groups excluding carboxylic acids is 1. The molecule has 8 heteroatoms. The molecular formula is C24H26ClN3O2S2. The summed E-state index contributed by atoms with van der Waals surface area (Å²) >= 11 is 9.46. The maximum absolute atomic E-state index is 12.8.